The maximum absolute atomic E-state index is 12.7. The summed E-state index contributed by atoms with van der Waals surface area (Å²) >= 11 is 10.2. The second-order valence-electron chi connectivity index (χ2n) is 5.78. The first-order valence-electron chi connectivity index (χ1n) is 8.50. The molecular weight excluding hydrogens is 482 g/mol. The standard InChI is InChI=1S/C20H15BrClNO5S/c1-2-27-18(24)11-28-16-7-6-12(8-15(16)21)9-17-19(25)23(20(26)29-17)14-5-3-4-13(22)10-14/h3-10H,2,11H2,1H3/b17-9+. The van der Waals surface area contributed by atoms with Gasteiger partial charge < -0.3 is 9.47 Å². The zero-order chi connectivity index (χ0) is 21.0. The molecule has 0 aliphatic carbocycles. The lowest BCUT2D eigenvalue weighted by Gasteiger charge is -2.12. The van der Waals surface area contributed by atoms with Crippen LogP contribution in [0.5, 0.6) is 5.75 Å². The van der Waals surface area contributed by atoms with E-state index < -0.39 is 17.1 Å². The highest BCUT2D eigenvalue weighted by atomic mass is 79.9. The number of halogens is 2. The SMILES string of the molecule is CCOC(=O)COc1ccc(/C=C2/SC(=O)N(c3cccc(Cl)c3)C2=O)cc1Br. The average Bonchev–Trinajstić information content (AvgIpc) is 2.94. The maximum Gasteiger partial charge on any atom is 0.344 e. The van der Waals surface area contributed by atoms with Crippen LogP contribution in [-0.4, -0.2) is 30.3 Å². The van der Waals surface area contributed by atoms with Gasteiger partial charge in [-0.15, -0.1) is 0 Å². The Hall–Kier alpha value is -2.29. The number of anilines is 1. The predicted molar refractivity (Wildman–Crippen MR) is 116 cm³/mol. The van der Waals surface area contributed by atoms with E-state index in [1.807, 2.05) is 0 Å². The van der Waals surface area contributed by atoms with Crippen LogP contribution in [-0.2, 0) is 14.3 Å². The molecule has 0 spiro atoms. The molecular formula is C20H15BrClNO5S. The minimum Gasteiger partial charge on any atom is -0.481 e. The number of rotatable bonds is 6. The third-order valence-electron chi connectivity index (χ3n) is 3.76. The number of hydrogen-bond acceptors (Lipinski definition) is 6. The van der Waals surface area contributed by atoms with E-state index in [1.54, 1.807) is 55.5 Å². The first-order chi connectivity index (χ1) is 13.9. The lowest BCUT2D eigenvalue weighted by atomic mass is 10.2. The molecule has 3 rings (SSSR count). The van der Waals surface area contributed by atoms with Gasteiger partial charge in [-0.2, -0.15) is 0 Å². The Bertz CT molecular complexity index is 1010. The molecule has 0 unspecified atom stereocenters. The van der Waals surface area contributed by atoms with Crippen molar-refractivity contribution in [2.75, 3.05) is 18.1 Å². The van der Waals surface area contributed by atoms with Crippen LogP contribution in [0.3, 0.4) is 0 Å². The van der Waals surface area contributed by atoms with Crippen molar-refractivity contribution < 1.29 is 23.9 Å². The molecule has 0 atom stereocenters. The summed E-state index contributed by atoms with van der Waals surface area (Å²) in [5, 5.41) is 0.0461. The fourth-order valence-corrected chi connectivity index (χ4v) is 4.06. The van der Waals surface area contributed by atoms with Crippen molar-refractivity contribution in [3.05, 3.63) is 62.4 Å². The van der Waals surface area contributed by atoms with Crippen molar-refractivity contribution in [2.45, 2.75) is 6.92 Å². The van der Waals surface area contributed by atoms with Gasteiger partial charge in [0, 0.05) is 5.02 Å². The van der Waals surface area contributed by atoms with Crippen molar-refractivity contribution >= 4 is 68.2 Å². The molecule has 2 aromatic carbocycles. The summed E-state index contributed by atoms with van der Waals surface area (Å²) in [6.45, 7) is 1.80. The average molecular weight is 497 g/mol. The summed E-state index contributed by atoms with van der Waals surface area (Å²) in [5.41, 5.74) is 1.12. The molecule has 0 radical (unpaired) electrons. The van der Waals surface area contributed by atoms with Crippen LogP contribution in [0.2, 0.25) is 5.02 Å². The molecule has 2 aromatic rings. The van der Waals surface area contributed by atoms with E-state index in [0.717, 1.165) is 16.7 Å². The Morgan fingerprint density at radius 1 is 1.24 bits per heavy atom. The number of amides is 2. The lowest BCUT2D eigenvalue weighted by Crippen LogP contribution is -2.27. The van der Waals surface area contributed by atoms with E-state index in [4.69, 9.17) is 21.1 Å². The van der Waals surface area contributed by atoms with E-state index >= 15 is 0 Å². The summed E-state index contributed by atoms with van der Waals surface area (Å²) in [6.07, 6.45) is 1.62. The molecule has 6 nitrogen and oxygen atoms in total. The highest BCUT2D eigenvalue weighted by Crippen LogP contribution is 2.37. The van der Waals surface area contributed by atoms with Gasteiger partial charge in [-0.3, -0.25) is 9.59 Å². The first kappa shape index (κ1) is 21.4. The first-order valence-corrected chi connectivity index (χ1v) is 10.5. The number of carbonyl (C=O) groups excluding carboxylic acids is 3. The van der Waals surface area contributed by atoms with Gasteiger partial charge >= 0.3 is 5.97 Å². The lowest BCUT2D eigenvalue weighted by molar-refractivity contribution is -0.145. The summed E-state index contributed by atoms with van der Waals surface area (Å²) in [6, 6.07) is 11.7. The molecule has 9 heteroatoms. The highest BCUT2D eigenvalue weighted by Gasteiger charge is 2.36. The number of carbonyl (C=O) groups is 3. The van der Waals surface area contributed by atoms with Gasteiger partial charge in [0.2, 0.25) is 0 Å². The van der Waals surface area contributed by atoms with Crippen molar-refractivity contribution in [1.82, 2.24) is 0 Å². The van der Waals surface area contributed by atoms with Crippen LogP contribution in [0, 0.1) is 0 Å². The smallest absolute Gasteiger partial charge is 0.344 e. The van der Waals surface area contributed by atoms with E-state index in [9.17, 15) is 14.4 Å². The molecule has 150 valence electrons. The minimum atomic E-state index is -0.460. The predicted octanol–water partition coefficient (Wildman–Crippen LogP) is 5.29. The molecule has 0 saturated carbocycles. The molecule has 1 aliphatic rings. The van der Waals surface area contributed by atoms with Crippen molar-refractivity contribution in [3.63, 3.8) is 0 Å². The topological polar surface area (TPSA) is 72.9 Å². The number of benzene rings is 2. The van der Waals surface area contributed by atoms with Crippen molar-refractivity contribution in [2.24, 2.45) is 0 Å². The van der Waals surface area contributed by atoms with Gasteiger partial charge in [0.1, 0.15) is 5.75 Å². The molecule has 2 amide bonds. The van der Waals surface area contributed by atoms with Gasteiger partial charge in [0.15, 0.2) is 6.61 Å². The second kappa shape index (κ2) is 9.47. The third-order valence-corrected chi connectivity index (χ3v) is 5.49. The normalized spacial score (nSPS) is 15.1. The number of nitrogens with zero attached hydrogens (tertiary/aromatic N) is 1. The maximum atomic E-state index is 12.7. The quantitative estimate of drug-likeness (QED) is 0.400. The Morgan fingerprint density at radius 2 is 2.03 bits per heavy atom. The van der Waals surface area contributed by atoms with Gasteiger partial charge in [-0.25, -0.2) is 9.69 Å². The fraction of sp³-hybridized carbons (Fsp3) is 0.150. The molecule has 0 N–H and O–H groups in total. The highest BCUT2D eigenvalue weighted by molar-refractivity contribution is 9.10. The van der Waals surface area contributed by atoms with Crippen molar-refractivity contribution in [3.8, 4) is 5.75 Å². The van der Waals surface area contributed by atoms with Crippen LogP contribution in [0.1, 0.15) is 12.5 Å². The zero-order valence-electron chi connectivity index (χ0n) is 15.2. The van der Waals surface area contributed by atoms with Crippen LogP contribution >= 0.6 is 39.3 Å². The van der Waals surface area contributed by atoms with E-state index in [0.29, 0.717) is 31.4 Å². The molecule has 1 fully saturated rings. The minimum absolute atomic E-state index is 0.204. The van der Waals surface area contributed by atoms with Gasteiger partial charge in [-0.1, -0.05) is 23.7 Å². The number of imide groups is 1. The van der Waals surface area contributed by atoms with Gasteiger partial charge in [-0.05, 0) is 76.6 Å². The number of ether oxygens (including phenoxy) is 2. The summed E-state index contributed by atoms with van der Waals surface area (Å²) in [5.74, 6) is -0.415. The molecule has 0 bridgehead atoms. The number of hydrogen-bond donors (Lipinski definition) is 0. The molecule has 1 aliphatic heterocycles. The number of esters is 1. The van der Waals surface area contributed by atoms with E-state index in [1.165, 1.54) is 0 Å². The molecule has 1 saturated heterocycles. The summed E-state index contributed by atoms with van der Waals surface area (Å²) in [4.78, 5) is 37.8. The largest absolute Gasteiger partial charge is 0.481 e. The summed E-state index contributed by atoms with van der Waals surface area (Å²) < 4.78 is 10.8. The van der Waals surface area contributed by atoms with Crippen molar-refractivity contribution in [1.29, 1.82) is 0 Å². The Balaban J connectivity index is 1.76. The zero-order valence-corrected chi connectivity index (χ0v) is 18.3. The monoisotopic (exact) mass is 495 g/mol. The van der Waals surface area contributed by atoms with E-state index in [-0.39, 0.29) is 13.2 Å². The van der Waals surface area contributed by atoms with Crippen LogP contribution < -0.4 is 9.64 Å². The Morgan fingerprint density at radius 3 is 2.72 bits per heavy atom. The molecule has 0 aromatic heterocycles. The summed E-state index contributed by atoms with van der Waals surface area (Å²) in [7, 11) is 0. The Kier molecular flexibility index (Phi) is 7.00. The van der Waals surface area contributed by atoms with Gasteiger partial charge in [0.05, 0.1) is 21.7 Å². The second-order valence-corrected chi connectivity index (χ2v) is 8.06. The van der Waals surface area contributed by atoms with Gasteiger partial charge in [0.25, 0.3) is 11.1 Å². The third kappa shape index (κ3) is 5.20. The fourth-order valence-electron chi connectivity index (χ4n) is 2.52. The Labute approximate surface area is 184 Å². The van der Waals surface area contributed by atoms with E-state index in [2.05, 4.69) is 15.9 Å². The van der Waals surface area contributed by atoms with Crippen LogP contribution in [0.4, 0.5) is 10.5 Å². The van der Waals surface area contributed by atoms with Crippen LogP contribution in [0.25, 0.3) is 6.08 Å². The number of thioether (sulfide) groups is 1. The molecule has 29 heavy (non-hydrogen) atoms. The van der Waals surface area contributed by atoms with Crippen LogP contribution in [0.15, 0.2) is 51.8 Å². The molecule has 1 heterocycles.